The van der Waals surface area contributed by atoms with Crippen LogP contribution in [0.1, 0.15) is 49.7 Å². The van der Waals surface area contributed by atoms with E-state index in [1.807, 2.05) is 39.0 Å². The molecule has 0 heterocycles. The predicted octanol–water partition coefficient (Wildman–Crippen LogP) is 4.19. The number of amides is 1. The lowest BCUT2D eigenvalue weighted by molar-refractivity contribution is -0.122. The van der Waals surface area contributed by atoms with Crippen LogP contribution in [0.15, 0.2) is 48.5 Å². The fraction of sp³-hybridized carbons (Fsp3) is 0.364. The number of nitrogens with zero attached hydrogens (tertiary/aromatic N) is 1. The third-order valence-electron chi connectivity index (χ3n) is 4.78. The monoisotopic (exact) mass is 384 g/mol. The number of aromatic carboxylic acids is 1. The number of benzene rings is 2. The van der Waals surface area contributed by atoms with Crippen LogP contribution < -0.4 is 10.1 Å². The first kappa shape index (κ1) is 21.4. The summed E-state index contributed by atoms with van der Waals surface area (Å²) in [6, 6.07) is 13.9. The molecule has 0 saturated heterocycles. The van der Waals surface area contributed by atoms with Gasteiger partial charge in [-0.1, -0.05) is 32.0 Å². The first-order valence-electron chi connectivity index (χ1n) is 9.51. The van der Waals surface area contributed by atoms with Crippen LogP contribution in [0.2, 0.25) is 0 Å². The van der Waals surface area contributed by atoms with E-state index in [9.17, 15) is 14.7 Å². The molecule has 0 saturated carbocycles. The van der Waals surface area contributed by atoms with E-state index in [0.29, 0.717) is 17.0 Å². The van der Waals surface area contributed by atoms with Crippen molar-refractivity contribution in [2.75, 3.05) is 18.4 Å². The summed E-state index contributed by atoms with van der Waals surface area (Å²) >= 11 is 0. The van der Waals surface area contributed by atoms with Crippen LogP contribution in [-0.4, -0.2) is 41.1 Å². The lowest BCUT2D eigenvalue weighted by Gasteiger charge is -2.28. The van der Waals surface area contributed by atoms with E-state index in [-0.39, 0.29) is 17.5 Å². The fourth-order valence-electron chi connectivity index (χ4n) is 3.15. The van der Waals surface area contributed by atoms with E-state index in [0.717, 1.165) is 13.1 Å². The van der Waals surface area contributed by atoms with E-state index < -0.39 is 12.1 Å². The molecule has 2 rings (SSSR count). The molecule has 6 nitrogen and oxygen atoms in total. The molecule has 6 heteroatoms. The molecule has 28 heavy (non-hydrogen) atoms. The molecule has 1 amide bonds. The van der Waals surface area contributed by atoms with Gasteiger partial charge < -0.3 is 15.2 Å². The summed E-state index contributed by atoms with van der Waals surface area (Å²) in [6.07, 6.45) is -0.690. The maximum absolute atomic E-state index is 12.5. The minimum absolute atomic E-state index is 0.0871. The van der Waals surface area contributed by atoms with Crippen LogP contribution in [0.4, 0.5) is 5.69 Å². The van der Waals surface area contributed by atoms with E-state index >= 15 is 0 Å². The Morgan fingerprint density at radius 3 is 2.29 bits per heavy atom. The summed E-state index contributed by atoms with van der Waals surface area (Å²) in [5.41, 5.74) is 1.46. The Morgan fingerprint density at radius 1 is 1.07 bits per heavy atom. The number of ether oxygens (including phenoxy) is 1. The van der Waals surface area contributed by atoms with Crippen molar-refractivity contribution in [2.24, 2.45) is 0 Å². The number of hydrogen-bond donors (Lipinski definition) is 2. The smallest absolute Gasteiger partial charge is 0.336 e. The van der Waals surface area contributed by atoms with Gasteiger partial charge in [-0.15, -0.1) is 0 Å². The molecule has 0 aliphatic rings. The molecule has 0 radical (unpaired) electrons. The minimum atomic E-state index is -0.979. The molecule has 0 spiro atoms. The topological polar surface area (TPSA) is 78.9 Å². The molecule has 2 aromatic rings. The molecule has 0 bridgehead atoms. The zero-order valence-electron chi connectivity index (χ0n) is 16.8. The molecule has 0 aliphatic carbocycles. The van der Waals surface area contributed by atoms with Crippen LogP contribution in [0.5, 0.6) is 5.75 Å². The Balaban J connectivity index is 2.20. The average molecular weight is 384 g/mol. The highest BCUT2D eigenvalue weighted by atomic mass is 16.5. The van der Waals surface area contributed by atoms with Crippen molar-refractivity contribution >= 4 is 17.6 Å². The van der Waals surface area contributed by atoms with Gasteiger partial charge in [0.05, 0.1) is 5.56 Å². The average Bonchev–Trinajstić information content (AvgIpc) is 2.69. The fourth-order valence-corrected chi connectivity index (χ4v) is 3.15. The van der Waals surface area contributed by atoms with Crippen molar-refractivity contribution in [3.05, 3.63) is 59.7 Å². The minimum Gasteiger partial charge on any atom is -0.481 e. The Morgan fingerprint density at radius 2 is 1.71 bits per heavy atom. The van der Waals surface area contributed by atoms with Crippen molar-refractivity contribution in [1.82, 2.24) is 4.90 Å². The molecular formula is C22H28N2O4. The van der Waals surface area contributed by atoms with Crippen LogP contribution >= 0.6 is 0 Å². The molecular weight excluding hydrogens is 356 g/mol. The second-order valence-electron chi connectivity index (χ2n) is 6.57. The number of rotatable bonds is 9. The van der Waals surface area contributed by atoms with Gasteiger partial charge in [-0.2, -0.15) is 0 Å². The maximum Gasteiger partial charge on any atom is 0.336 e. The van der Waals surface area contributed by atoms with Crippen molar-refractivity contribution in [3.8, 4) is 5.75 Å². The molecule has 2 unspecified atom stereocenters. The molecule has 0 aromatic heterocycles. The number of carboxylic acids is 1. The summed E-state index contributed by atoms with van der Waals surface area (Å²) in [4.78, 5) is 26.3. The van der Waals surface area contributed by atoms with Gasteiger partial charge >= 0.3 is 5.97 Å². The Labute approximate surface area is 166 Å². The number of hydrogen-bond acceptors (Lipinski definition) is 4. The Hall–Kier alpha value is -2.86. The summed E-state index contributed by atoms with van der Waals surface area (Å²) in [7, 11) is 0. The van der Waals surface area contributed by atoms with Crippen molar-refractivity contribution < 1.29 is 19.4 Å². The summed E-state index contributed by atoms with van der Waals surface area (Å²) in [5.74, 6) is -0.664. The molecule has 2 N–H and O–H groups in total. The maximum atomic E-state index is 12.5. The normalized spacial score (nSPS) is 13.0. The van der Waals surface area contributed by atoms with Gasteiger partial charge in [0.15, 0.2) is 6.10 Å². The number of nitrogens with one attached hydrogen (secondary N) is 1. The Kier molecular flexibility index (Phi) is 7.58. The summed E-state index contributed by atoms with van der Waals surface area (Å²) in [6.45, 7) is 9.32. The zero-order chi connectivity index (χ0) is 20.7. The molecule has 2 aromatic carbocycles. The van der Waals surface area contributed by atoms with E-state index in [2.05, 4.69) is 10.2 Å². The largest absolute Gasteiger partial charge is 0.481 e. The van der Waals surface area contributed by atoms with Gasteiger partial charge in [-0.25, -0.2) is 4.79 Å². The van der Waals surface area contributed by atoms with E-state index in [1.165, 1.54) is 6.07 Å². The van der Waals surface area contributed by atoms with Crippen molar-refractivity contribution in [1.29, 1.82) is 0 Å². The van der Waals surface area contributed by atoms with Gasteiger partial charge in [-0.3, -0.25) is 9.69 Å². The second kappa shape index (κ2) is 9.90. The molecule has 0 fully saturated rings. The third kappa shape index (κ3) is 5.33. The van der Waals surface area contributed by atoms with Gasteiger partial charge in [0.1, 0.15) is 5.75 Å². The first-order chi connectivity index (χ1) is 13.4. The lowest BCUT2D eigenvalue weighted by Crippen LogP contribution is -2.30. The van der Waals surface area contributed by atoms with Crippen LogP contribution in [0, 0.1) is 0 Å². The second-order valence-corrected chi connectivity index (χ2v) is 6.57. The highest BCUT2D eigenvalue weighted by Crippen LogP contribution is 2.27. The highest BCUT2D eigenvalue weighted by Gasteiger charge is 2.21. The first-order valence-corrected chi connectivity index (χ1v) is 9.51. The van der Waals surface area contributed by atoms with Crippen molar-refractivity contribution in [3.63, 3.8) is 0 Å². The number of carboxylic acid groups (broad SMARTS) is 1. The number of carbonyl (C=O) groups is 2. The standard InChI is InChI=1S/C22H28N2O4/c1-5-24(6-2)15(3)20-14-17(12-13-19(20)22(26)27)23-21(25)16(4)28-18-10-8-7-9-11-18/h7-16H,5-6H2,1-4H3,(H,23,25)(H,26,27). The van der Waals surface area contributed by atoms with E-state index in [1.54, 1.807) is 31.2 Å². The molecule has 2 atom stereocenters. The SMILES string of the molecule is CCN(CC)C(C)c1cc(NC(=O)C(C)Oc2ccccc2)ccc1C(=O)O. The summed E-state index contributed by atoms with van der Waals surface area (Å²) < 4.78 is 5.65. The Bertz CT molecular complexity index is 803. The number of para-hydroxylation sites is 1. The zero-order valence-corrected chi connectivity index (χ0v) is 16.8. The lowest BCUT2D eigenvalue weighted by atomic mass is 9.99. The third-order valence-corrected chi connectivity index (χ3v) is 4.78. The van der Waals surface area contributed by atoms with Crippen LogP contribution in [0.3, 0.4) is 0 Å². The van der Waals surface area contributed by atoms with E-state index in [4.69, 9.17) is 4.74 Å². The van der Waals surface area contributed by atoms with Crippen LogP contribution in [0.25, 0.3) is 0 Å². The summed E-state index contributed by atoms with van der Waals surface area (Å²) in [5, 5.41) is 12.4. The van der Waals surface area contributed by atoms with Gasteiger partial charge in [0.2, 0.25) is 0 Å². The highest BCUT2D eigenvalue weighted by molar-refractivity contribution is 5.95. The van der Waals surface area contributed by atoms with Gasteiger partial charge in [0.25, 0.3) is 5.91 Å². The number of carbonyl (C=O) groups excluding carboxylic acids is 1. The van der Waals surface area contributed by atoms with Gasteiger partial charge in [-0.05, 0) is 62.8 Å². The quantitative estimate of drug-likeness (QED) is 0.678. The van der Waals surface area contributed by atoms with Crippen molar-refractivity contribution in [2.45, 2.75) is 39.8 Å². The predicted molar refractivity (Wildman–Crippen MR) is 110 cm³/mol. The molecule has 150 valence electrons. The number of anilines is 1. The van der Waals surface area contributed by atoms with Gasteiger partial charge in [0, 0.05) is 11.7 Å². The van der Waals surface area contributed by atoms with Crippen LogP contribution in [-0.2, 0) is 4.79 Å². The molecule has 0 aliphatic heterocycles.